The van der Waals surface area contributed by atoms with E-state index in [1.54, 1.807) is 19.9 Å². The zero-order valence-electron chi connectivity index (χ0n) is 33.7. The van der Waals surface area contributed by atoms with Gasteiger partial charge >= 0.3 is 0 Å². The smallest absolute Gasteiger partial charge is 0.279 e. The lowest BCUT2D eigenvalue weighted by Gasteiger charge is -2.52. The summed E-state index contributed by atoms with van der Waals surface area (Å²) in [7, 11) is 4.16. The Morgan fingerprint density at radius 1 is 1.00 bits per heavy atom. The summed E-state index contributed by atoms with van der Waals surface area (Å²) >= 11 is 0. The monoisotopic (exact) mass is 834 g/mol. The predicted molar refractivity (Wildman–Crippen MR) is 194 cm³/mol. The van der Waals surface area contributed by atoms with Crippen LogP contribution in [0.15, 0.2) is 6.07 Å². The second kappa shape index (κ2) is 13.4. The molecule has 6 N–H and O–H groups in total. The van der Waals surface area contributed by atoms with Crippen LogP contribution in [0, 0.1) is 6.92 Å². The van der Waals surface area contributed by atoms with Gasteiger partial charge in [0.25, 0.3) is 11.6 Å². The van der Waals surface area contributed by atoms with Crippen molar-refractivity contribution in [1.82, 2.24) is 0 Å². The highest BCUT2D eigenvalue weighted by Gasteiger charge is 2.94. The van der Waals surface area contributed by atoms with Gasteiger partial charge < -0.3 is 82.7 Å². The SMILES string of the molecule is COc1c2c(c(O)c3c4c(c(C)cc13)[C@@H]1O[C@@]3(C(OC)OC)O[C@@H]1[C@@](O[C@@H]1C[C@H](O)[C@](O)(C(C)=O)[C@@H](C)O1)(O4)[C@@]31CO1)C(=O)[C@@H](O)C[C@@H]2O[C@@H]1C[C@@](C)(O)[C@H](O)[C@@H](C)O1. The minimum absolute atomic E-state index is 0.00957. The van der Waals surface area contributed by atoms with Crippen molar-refractivity contribution < 1.29 is 92.3 Å². The van der Waals surface area contributed by atoms with E-state index in [-0.39, 0.29) is 59.3 Å². The number of fused-ring (bicyclic) bond motifs is 8. The van der Waals surface area contributed by atoms with Crippen molar-refractivity contribution in [2.75, 3.05) is 27.9 Å². The number of Topliss-reactive ketones (excluding diaryl/α,β-unsaturated/α-hetero) is 2. The second-order valence-corrected chi connectivity index (χ2v) is 16.9. The average molecular weight is 835 g/mol. The van der Waals surface area contributed by atoms with Crippen molar-refractivity contribution in [2.24, 2.45) is 0 Å². The van der Waals surface area contributed by atoms with Crippen LogP contribution in [-0.2, 0) is 47.4 Å². The van der Waals surface area contributed by atoms with E-state index in [0.29, 0.717) is 11.1 Å². The molecule has 2 bridgehead atoms. The van der Waals surface area contributed by atoms with Crippen LogP contribution in [0.3, 0.4) is 0 Å². The van der Waals surface area contributed by atoms with Gasteiger partial charge in [-0.25, -0.2) is 0 Å². The fourth-order valence-electron chi connectivity index (χ4n) is 10.4. The van der Waals surface area contributed by atoms with Crippen LogP contribution < -0.4 is 9.47 Å². The normalized spacial score (nSPS) is 44.5. The topological polar surface area (TPSA) is 260 Å². The van der Waals surface area contributed by atoms with E-state index >= 15 is 0 Å². The van der Waals surface area contributed by atoms with Gasteiger partial charge in [0.2, 0.25) is 11.9 Å². The first-order chi connectivity index (χ1) is 27.8. The minimum Gasteiger partial charge on any atom is -0.506 e. The van der Waals surface area contributed by atoms with Crippen LogP contribution in [0.2, 0.25) is 0 Å². The van der Waals surface area contributed by atoms with E-state index in [9.17, 15) is 40.2 Å². The maximum Gasteiger partial charge on any atom is 0.279 e. The number of phenols is 1. The number of aryl methyl sites for hydroxylation is 1. The lowest BCUT2D eigenvalue weighted by atomic mass is 9.77. The van der Waals surface area contributed by atoms with Crippen LogP contribution in [0.1, 0.15) is 86.2 Å². The summed E-state index contributed by atoms with van der Waals surface area (Å²) in [6, 6.07) is 1.72. The molecule has 0 saturated carbocycles. The number of aromatic hydroxyl groups is 1. The Balaban J connectivity index is 1.21. The molecule has 6 heterocycles. The number of phenolic OH excluding ortho intramolecular Hbond substituents is 1. The van der Waals surface area contributed by atoms with Gasteiger partial charge in [0.05, 0.1) is 54.7 Å². The summed E-state index contributed by atoms with van der Waals surface area (Å²) in [5.41, 5.74) is -4.66. The zero-order chi connectivity index (χ0) is 42.5. The molecule has 5 saturated heterocycles. The first-order valence-electron chi connectivity index (χ1n) is 19.6. The fourth-order valence-corrected chi connectivity index (χ4v) is 10.4. The van der Waals surface area contributed by atoms with Crippen molar-refractivity contribution in [1.29, 1.82) is 0 Å². The number of rotatable bonds is 9. The highest BCUT2D eigenvalue weighted by atomic mass is 16.9. The molecule has 6 aliphatic heterocycles. The van der Waals surface area contributed by atoms with Crippen molar-refractivity contribution in [3.63, 3.8) is 0 Å². The Morgan fingerprint density at radius 2 is 1.69 bits per heavy atom. The molecule has 0 aromatic heterocycles. The van der Waals surface area contributed by atoms with Crippen molar-refractivity contribution >= 4 is 22.3 Å². The lowest BCUT2D eigenvalue weighted by Crippen LogP contribution is -2.72. The summed E-state index contributed by atoms with van der Waals surface area (Å²) in [5.74, 6) is -5.82. The molecule has 0 amide bonds. The van der Waals surface area contributed by atoms with Gasteiger partial charge in [-0.05, 0) is 46.2 Å². The standard InChI is InChI=1S/C40H50O19/c1-14-9-18-25(29(45)27-26(30(18)49-6)20(10-19(42)28(27)44)55-23-12-36(5,47)33(46)15(2)53-23)31-24(14)32-34-39(57-31,37(13-52-37)40(58-32,59-34)35(50-7)51-8)56-22-11-21(43)38(48,16(3)41)17(4)54-22/h9,15,17,19-23,32-35,42-43,45-48H,10-13H2,1-8H3/t15-,17-,19+,20+,21+,22-,23-,32+,33-,34+,36-,37+,38+,39-,40+/m1/s1. The van der Waals surface area contributed by atoms with E-state index in [1.165, 1.54) is 35.2 Å². The summed E-state index contributed by atoms with van der Waals surface area (Å²) in [6.45, 7) is 7.30. The van der Waals surface area contributed by atoms with E-state index in [2.05, 4.69) is 0 Å². The summed E-state index contributed by atoms with van der Waals surface area (Å²) in [4.78, 5) is 26.5. The molecule has 2 aromatic rings. The second-order valence-electron chi connectivity index (χ2n) is 16.9. The molecule has 0 radical (unpaired) electrons. The van der Waals surface area contributed by atoms with Crippen molar-refractivity contribution in [3.8, 4) is 17.2 Å². The van der Waals surface area contributed by atoms with Crippen LogP contribution >= 0.6 is 0 Å². The molecule has 1 spiro atoms. The van der Waals surface area contributed by atoms with Crippen LogP contribution in [0.4, 0.5) is 0 Å². The molecule has 324 valence electrons. The number of epoxide rings is 1. The van der Waals surface area contributed by atoms with Gasteiger partial charge in [-0.2, -0.15) is 0 Å². The van der Waals surface area contributed by atoms with E-state index < -0.39 is 113 Å². The molecule has 19 nitrogen and oxygen atoms in total. The highest BCUT2D eigenvalue weighted by molar-refractivity contribution is 6.13. The molecule has 2 aromatic carbocycles. The van der Waals surface area contributed by atoms with Crippen molar-refractivity contribution in [2.45, 2.75) is 150 Å². The third kappa shape index (κ3) is 5.26. The van der Waals surface area contributed by atoms with E-state index in [0.717, 1.165) is 6.92 Å². The molecule has 0 unspecified atom stereocenters. The number of aliphatic hydroxyl groups excluding tert-OH is 3. The van der Waals surface area contributed by atoms with Gasteiger partial charge in [0, 0.05) is 50.0 Å². The molecular formula is C40H50O19. The molecule has 7 aliphatic rings. The number of carbonyl (C=O) groups excluding carboxylic acids is 2. The van der Waals surface area contributed by atoms with E-state index in [4.69, 9.17) is 52.1 Å². The van der Waals surface area contributed by atoms with Crippen LogP contribution in [0.5, 0.6) is 17.2 Å². The molecular weight excluding hydrogens is 784 g/mol. The number of methoxy groups -OCH3 is 3. The van der Waals surface area contributed by atoms with Gasteiger partial charge in [-0.15, -0.1) is 0 Å². The maximum absolute atomic E-state index is 14.0. The summed E-state index contributed by atoms with van der Waals surface area (Å²) < 4.78 is 69.2. The third-order valence-electron chi connectivity index (χ3n) is 13.5. The largest absolute Gasteiger partial charge is 0.506 e. The van der Waals surface area contributed by atoms with Gasteiger partial charge in [0.1, 0.15) is 35.6 Å². The Morgan fingerprint density at radius 3 is 2.29 bits per heavy atom. The number of ketones is 2. The first kappa shape index (κ1) is 41.2. The average Bonchev–Trinajstić information content (AvgIpc) is 3.84. The molecule has 59 heavy (non-hydrogen) atoms. The van der Waals surface area contributed by atoms with Crippen molar-refractivity contribution in [3.05, 3.63) is 28.3 Å². The fraction of sp³-hybridized carbons (Fsp3) is 0.700. The lowest BCUT2D eigenvalue weighted by molar-refractivity contribution is -0.385. The minimum atomic E-state index is -2.23. The number of carbonyl (C=O) groups is 2. The number of hydrogen-bond donors (Lipinski definition) is 6. The third-order valence-corrected chi connectivity index (χ3v) is 13.5. The first-order valence-corrected chi connectivity index (χ1v) is 19.6. The molecule has 15 atom stereocenters. The zero-order valence-corrected chi connectivity index (χ0v) is 33.7. The Hall–Kier alpha value is -3.12. The van der Waals surface area contributed by atoms with E-state index in [1.807, 2.05) is 0 Å². The summed E-state index contributed by atoms with van der Waals surface area (Å²) in [6.07, 6.45) is -14.2. The van der Waals surface area contributed by atoms with Crippen LogP contribution in [-0.4, -0.2) is 154 Å². The molecule has 9 rings (SSSR count). The number of aliphatic hydroxyl groups is 5. The quantitative estimate of drug-likeness (QED) is 0.149. The number of hydrogen-bond acceptors (Lipinski definition) is 19. The Kier molecular flexibility index (Phi) is 9.39. The van der Waals surface area contributed by atoms with Gasteiger partial charge in [-0.1, -0.05) is 0 Å². The molecule has 19 heteroatoms. The summed E-state index contributed by atoms with van der Waals surface area (Å²) in [5, 5.41) is 67.6. The van der Waals surface area contributed by atoms with Gasteiger partial charge in [0.15, 0.2) is 35.9 Å². The maximum atomic E-state index is 14.0. The van der Waals surface area contributed by atoms with Gasteiger partial charge in [-0.3, -0.25) is 9.59 Å². The van der Waals surface area contributed by atoms with Crippen LogP contribution in [0.25, 0.3) is 10.8 Å². The molecule has 5 fully saturated rings. The Bertz CT molecular complexity index is 2080. The Labute approximate surface area is 337 Å². The predicted octanol–water partition coefficient (Wildman–Crippen LogP) is 0.590. The molecule has 1 aliphatic carbocycles. The number of ether oxygens (including phenoxy) is 11. The number of benzene rings is 2. The highest BCUT2D eigenvalue weighted by Crippen LogP contribution is 2.72.